The average molecular weight is 246 g/mol. The van der Waals surface area contributed by atoms with Gasteiger partial charge >= 0.3 is 6.18 Å². The molecule has 3 nitrogen and oxygen atoms in total. The highest BCUT2D eigenvalue weighted by molar-refractivity contribution is 5.34. The molecule has 1 aromatic heterocycles. The SMILES string of the molecule is CC1(C)CC(N)c2ccc(C(F)(F)F)nc2O1. The lowest BCUT2D eigenvalue weighted by Gasteiger charge is -2.35. The van der Waals surface area contributed by atoms with Crippen LogP contribution in [0.25, 0.3) is 0 Å². The third-order valence-corrected chi connectivity index (χ3v) is 2.66. The Morgan fingerprint density at radius 3 is 2.65 bits per heavy atom. The molecule has 6 heteroatoms. The van der Waals surface area contributed by atoms with Gasteiger partial charge in [-0.1, -0.05) is 0 Å². The summed E-state index contributed by atoms with van der Waals surface area (Å²) in [7, 11) is 0. The van der Waals surface area contributed by atoms with E-state index in [9.17, 15) is 13.2 Å². The summed E-state index contributed by atoms with van der Waals surface area (Å²) in [4.78, 5) is 3.50. The van der Waals surface area contributed by atoms with Crippen molar-refractivity contribution >= 4 is 0 Å². The topological polar surface area (TPSA) is 48.1 Å². The van der Waals surface area contributed by atoms with Crippen LogP contribution in [0.5, 0.6) is 5.88 Å². The summed E-state index contributed by atoms with van der Waals surface area (Å²) in [5, 5.41) is 0. The van der Waals surface area contributed by atoms with Gasteiger partial charge in [-0.3, -0.25) is 0 Å². The summed E-state index contributed by atoms with van der Waals surface area (Å²) in [6, 6.07) is 1.93. The van der Waals surface area contributed by atoms with Crippen LogP contribution < -0.4 is 10.5 Å². The molecule has 0 saturated carbocycles. The Labute approximate surface area is 96.8 Å². The molecule has 1 aromatic rings. The van der Waals surface area contributed by atoms with E-state index < -0.39 is 17.5 Å². The van der Waals surface area contributed by atoms with Gasteiger partial charge in [0.05, 0.1) is 0 Å². The van der Waals surface area contributed by atoms with Gasteiger partial charge in [-0.25, -0.2) is 4.98 Å². The third-order valence-electron chi connectivity index (χ3n) is 2.66. The van der Waals surface area contributed by atoms with Crippen molar-refractivity contribution in [2.75, 3.05) is 0 Å². The van der Waals surface area contributed by atoms with Crippen LogP contribution >= 0.6 is 0 Å². The molecule has 2 rings (SSSR count). The first-order valence-corrected chi connectivity index (χ1v) is 5.22. The van der Waals surface area contributed by atoms with Crippen molar-refractivity contribution in [3.05, 3.63) is 23.4 Å². The van der Waals surface area contributed by atoms with Gasteiger partial charge in [-0.2, -0.15) is 13.2 Å². The normalized spacial score (nSPS) is 22.8. The van der Waals surface area contributed by atoms with Crippen LogP contribution in [0.1, 0.15) is 37.6 Å². The van der Waals surface area contributed by atoms with Crippen LogP contribution in [0, 0.1) is 0 Å². The van der Waals surface area contributed by atoms with Gasteiger partial charge in [0.1, 0.15) is 11.3 Å². The maximum Gasteiger partial charge on any atom is 0.433 e. The maximum atomic E-state index is 12.5. The highest BCUT2D eigenvalue weighted by atomic mass is 19.4. The molecular weight excluding hydrogens is 233 g/mol. The largest absolute Gasteiger partial charge is 0.471 e. The standard InChI is InChI=1S/C11H13F3N2O/c1-10(2)5-7(15)6-3-4-8(11(12,13)14)16-9(6)17-10/h3-4,7H,5,15H2,1-2H3. The zero-order valence-electron chi connectivity index (χ0n) is 9.51. The summed E-state index contributed by atoms with van der Waals surface area (Å²) < 4.78 is 42.9. The van der Waals surface area contributed by atoms with Crippen molar-refractivity contribution in [2.24, 2.45) is 5.73 Å². The Kier molecular flexibility index (Phi) is 2.57. The van der Waals surface area contributed by atoms with Crippen molar-refractivity contribution in [1.29, 1.82) is 0 Å². The van der Waals surface area contributed by atoms with Gasteiger partial charge in [-0.15, -0.1) is 0 Å². The van der Waals surface area contributed by atoms with E-state index in [-0.39, 0.29) is 11.9 Å². The lowest BCUT2D eigenvalue weighted by atomic mass is 9.92. The molecule has 2 heterocycles. The Morgan fingerprint density at radius 2 is 2.06 bits per heavy atom. The molecule has 17 heavy (non-hydrogen) atoms. The van der Waals surface area contributed by atoms with Crippen molar-refractivity contribution < 1.29 is 17.9 Å². The number of ether oxygens (including phenoxy) is 1. The minimum Gasteiger partial charge on any atom is -0.471 e. The fourth-order valence-electron chi connectivity index (χ4n) is 1.92. The fraction of sp³-hybridized carbons (Fsp3) is 0.545. The molecule has 0 saturated heterocycles. The molecule has 0 aliphatic carbocycles. The number of hydrogen-bond donors (Lipinski definition) is 1. The number of hydrogen-bond acceptors (Lipinski definition) is 3. The van der Waals surface area contributed by atoms with Gasteiger partial charge in [0.25, 0.3) is 0 Å². The number of alkyl halides is 3. The monoisotopic (exact) mass is 246 g/mol. The summed E-state index contributed by atoms with van der Waals surface area (Å²) >= 11 is 0. The zero-order chi connectivity index (χ0) is 12.8. The van der Waals surface area contributed by atoms with E-state index in [0.29, 0.717) is 12.0 Å². The van der Waals surface area contributed by atoms with Crippen molar-refractivity contribution in [3.63, 3.8) is 0 Å². The minimum atomic E-state index is -4.47. The smallest absolute Gasteiger partial charge is 0.433 e. The molecule has 1 aliphatic rings. The zero-order valence-corrected chi connectivity index (χ0v) is 9.51. The number of halogens is 3. The van der Waals surface area contributed by atoms with E-state index in [1.54, 1.807) is 13.8 Å². The number of fused-ring (bicyclic) bond motifs is 1. The van der Waals surface area contributed by atoms with E-state index in [1.807, 2.05) is 0 Å². The first kappa shape index (κ1) is 12.2. The van der Waals surface area contributed by atoms with Crippen LogP contribution in [-0.2, 0) is 6.18 Å². The second kappa shape index (κ2) is 3.60. The quantitative estimate of drug-likeness (QED) is 0.765. The van der Waals surface area contributed by atoms with Gasteiger partial charge in [0, 0.05) is 18.0 Å². The molecule has 0 aromatic carbocycles. The third kappa shape index (κ3) is 2.36. The average Bonchev–Trinajstić information content (AvgIpc) is 2.13. The molecular formula is C11H13F3N2O. The minimum absolute atomic E-state index is 0.0106. The number of pyridine rings is 1. The van der Waals surface area contributed by atoms with E-state index in [2.05, 4.69) is 4.98 Å². The Hall–Kier alpha value is -1.30. The number of nitrogens with zero attached hydrogens (tertiary/aromatic N) is 1. The van der Waals surface area contributed by atoms with Gasteiger partial charge in [-0.05, 0) is 26.0 Å². The second-order valence-electron chi connectivity index (χ2n) is 4.76. The van der Waals surface area contributed by atoms with E-state index in [4.69, 9.17) is 10.5 Å². The molecule has 94 valence electrons. The maximum absolute atomic E-state index is 12.5. The lowest BCUT2D eigenvalue weighted by Crippen LogP contribution is -2.38. The van der Waals surface area contributed by atoms with Gasteiger partial charge in [0.15, 0.2) is 0 Å². The molecule has 1 aliphatic heterocycles. The van der Waals surface area contributed by atoms with Crippen LogP contribution in [0.15, 0.2) is 12.1 Å². The van der Waals surface area contributed by atoms with Crippen molar-refractivity contribution in [2.45, 2.75) is 38.1 Å². The van der Waals surface area contributed by atoms with E-state index >= 15 is 0 Å². The first-order valence-electron chi connectivity index (χ1n) is 5.22. The lowest BCUT2D eigenvalue weighted by molar-refractivity contribution is -0.141. The number of nitrogens with two attached hydrogens (primary N) is 1. The van der Waals surface area contributed by atoms with Crippen LogP contribution in [0.3, 0.4) is 0 Å². The molecule has 2 N–H and O–H groups in total. The Balaban J connectivity index is 2.45. The molecule has 1 atom stereocenters. The number of aromatic nitrogens is 1. The van der Waals surface area contributed by atoms with Crippen LogP contribution in [0.2, 0.25) is 0 Å². The summed E-state index contributed by atoms with van der Waals surface area (Å²) in [6.07, 6.45) is -3.92. The van der Waals surface area contributed by atoms with Gasteiger partial charge in [0.2, 0.25) is 5.88 Å². The number of rotatable bonds is 0. The van der Waals surface area contributed by atoms with Crippen LogP contribution in [0.4, 0.5) is 13.2 Å². The highest BCUT2D eigenvalue weighted by Crippen LogP contribution is 2.39. The summed E-state index contributed by atoms with van der Waals surface area (Å²) in [5.74, 6) is -0.0106. The van der Waals surface area contributed by atoms with Gasteiger partial charge < -0.3 is 10.5 Å². The molecule has 0 amide bonds. The highest BCUT2D eigenvalue weighted by Gasteiger charge is 2.37. The predicted octanol–water partition coefficient (Wildman–Crippen LogP) is 2.66. The molecule has 0 bridgehead atoms. The summed E-state index contributed by atoms with van der Waals surface area (Å²) in [6.45, 7) is 3.55. The fourth-order valence-corrected chi connectivity index (χ4v) is 1.92. The van der Waals surface area contributed by atoms with Crippen LogP contribution in [-0.4, -0.2) is 10.6 Å². The first-order chi connectivity index (χ1) is 7.69. The Morgan fingerprint density at radius 1 is 1.41 bits per heavy atom. The van der Waals surface area contributed by atoms with Crippen molar-refractivity contribution in [3.8, 4) is 5.88 Å². The molecule has 0 spiro atoms. The van der Waals surface area contributed by atoms with Crippen molar-refractivity contribution in [1.82, 2.24) is 4.98 Å². The van der Waals surface area contributed by atoms with E-state index in [0.717, 1.165) is 6.07 Å². The second-order valence-corrected chi connectivity index (χ2v) is 4.76. The molecule has 1 unspecified atom stereocenters. The molecule has 0 radical (unpaired) electrons. The Bertz CT molecular complexity index is 443. The predicted molar refractivity (Wildman–Crippen MR) is 55.5 cm³/mol. The summed E-state index contributed by atoms with van der Waals surface area (Å²) in [5.41, 5.74) is 4.85. The van der Waals surface area contributed by atoms with E-state index in [1.165, 1.54) is 6.07 Å². The molecule has 0 fully saturated rings.